The van der Waals surface area contributed by atoms with Gasteiger partial charge in [0.05, 0.1) is 6.07 Å². The Morgan fingerprint density at radius 2 is 1.83 bits per heavy atom. The van der Waals surface area contributed by atoms with Crippen molar-refractivity contribution in [3.05, 3.63) is 35.9 Å². The average Bonchev–Trinajstić information content (AvgIpc) is 2.65. The van der Waals surface area contributed by atoms with Crippen LogP contribution >= 0.6 is 0 Å². The van der Waals surface area contributed by atoms with Crippen LogP contribution in [0.15, 0.2) is 30.3 Å². The highest BCUT2D eigenvalue weighted by Crippen LogP contribution is 2.21. The quantitative estimate of drug-likeness (QED) is 0.487. The van der Waals surface area contributed by atoms with Crippen LogP contribution in [0.1, 0.15) is 52.1 Å². The van der Waals surface area contributed by atoms with Crippen molar-refractivity contribution < 1.29 is 19.1 Å². The summed E-state index contributed by atoms with van der Waals surface area (Å²) in [6.07, 6.45) is 0.975. The van der Waals surface area contributed by atoms with Gasteiger partial charge in [-0.1, -0.05) is 43.7 Å². The molecule has 1 rings (SSSR count). The average molecular weight is 402 g/mol. The van der Waals surface area contributed by atoms with Gasteiger partial charge in [0.2, 0.25) is 11.8 Å². The van der Waals surface area contributed by atoms with Gasteiger partial charge in [0.1, 0.15) is 24.7 Å². The first-order valence-corrected chi connectivity index (χ1v) is 9.65. The molecule has 0 radical (unpaired) electrons. The normalized spacial score (nSPS) is 11.7. The van der Waals surface area contributed by atoms with Crippen LogP contribution in [0, 0.1) is 11.3 Å². The fourth-order valence-corrected chi connectivity index (χ4v) is 2.56. The number of benzene rings is 1. The third-order valence-corrected chi connectivity index (χ3v) is 3.85. The Bertz CT molecular complexity index is 722. The maximum atomic E-state index is 12.8. The van der Waals surface area contributed by atoms with Gasteiger partial charge >= 0.3 is 6.09 Å². The summed E-state index contributed by atoms with van der Waals surface area (Å²) in [6.45, 7) is 6.93. The van der Waals surface area contributed by atoms with Crippen LogP contribution in [0.3, 0.4) is 0 Å². The first-order chi connectivity index (χ1) is 13.7. The highest BCUT2D eigenvalue weighted by atomic mass is 16.6. The second-order valence-electron chi connectivity index (χ2n) is 7.49. The summed E-state index contributed by atoms with van der Waals surface area (Å²) in [5.41, 5.74) is -0.118. The van der Waals surface area contributed by atoms with E-state index in [1.54, 1.807) is 51.1 Å². The number of unbranched alkanes of at least 4 members (excludes halogenated alkanes) is 1. The summed E-state index contributed by atoms with van der Waals surface area (Å²) < 4.78 is 5.12. The topological polar surface area (TPSA) is 112 Å². The number of amides is 3. The minimum Gasteiger partial charge on any atom is -0.444 e. The Hall–Kier alpha value is -3.08. The van der Waals surface area contributed by atoms with E-state index in [-0.39, 0.29) is 19.0 Å². The number of rotatable bonds is 9. The van der Waals surface area contributed by atoms with E-state index in [9.17, 15) is 19.6 Å². The molecule has 0 aromatic heterocycles. The van der Waals surface area contributed by atoms with Crippen LogP contribution in [0.2, 0.25) is 0 Å². The molecule has 2 N–H and O–H groups in total. The third kappa shape index (κ3) is 8.64. The maximum absolute atomic E-state index is 12.8. The van der Waals surface area contributed by atoms with Crippen molar-refractivity contribution in [3.8, 4) is 6.07 Å². The number of hydrogen-bond acceptors (Lipinski definition) is 5. The second kappa shape index (κ2) is 11.7. The molecule has 0 saturated carbocycles. The van der Waals surface area contributed by atoms with Gasteiger partial charge in [-0.3, -0.25) is 9.59 Å². The molecule has 0 saturated heterocycles. The van der Waals surface area contributed by atoms with Gasteiger partial charge in [-0.2, -0.15) is 5.26 Å². The van der Waals surface area contributed by atoms with E-state index in [1.165, 1.54) is 0 Å². The molecule has 1 atom stereocenters. The molecule has 0 spiro atoms. The molecule has 0 bridgehead atoms. The fraction of sp³-hybridized carbons (Fsp3) is 0.524. The molecule has 0 aliphatic rings. The first kappa shape index (κ1) is 24.0. The standard InChI is InChI=1S/C21H30N4O4/c1-5-6-13-23-19(27)18(16-10-8-7-9-11-16)25(14-12-22)17(26)15-24-20(28)29-21(2,3)4/h7-11,18H,5-6,13-15H2,1-4H3,(H,23,27)(H,24,28). The van der Waals surface area contributed by atoms with Crippen LogP contribution in [-0.4, -0.2) is 48.0 Å². The van der Waals surface area contributed by atoms with Crippen molar-refractivity contribution in [1.29, 1.82) is 5.26 Å². The first-order valence-electron chi connectivity index (χ1n) is 9.65. The van der Waals surface area contributed by atoms with Gasteiger partial charge in [-0.25, -0.2) is 4.79 Å². The Labute approximate surface area is 172 Å². The molecular formula is C21H30N4O4. The lowest BCUT2D eigenvalue weighted by molar-refractivity contribution is -0.139. The molecule has 8 heteroatoms. The molecular weight excluding hydrogens is 372 g/mol. The molecule has 0 aliphatic carbocycles. The SMILES string of the molecule is CCCCNC(=O)C(c1ccccc1)N(CC#N)C(=O)CNC(=O)OC(C)(C)C. The van der Waals surface area contributed by atoms with Gasteiger partial charge in [0.25, 0.3) is 0 Å². The van der Waals surface area contributed by atoms with E-state index < -0.39 is 23.6 Å². The van der Waals surface area contributed by atoms with Gasteiger partial charge in [-0.05, 0) is 32.8 Å². The van der Waals surface area contributed by atoms with E-state index in [0.717, 1.165) is 17.7 Å². The number of ether oxygens (including phenoxy) is 1. The summed E-state index contributed by atoms with van der Waals surface area (Å²) in [4.78, 5) is 38.6. The van der Waals surface area contributed by atoms with Crippen LogP contribution < -0.4 is 10.6 Å². The van der Waals surface area contributed by atoms with Crippen LogP contribution in [0.25, 0.3) is 0 Å². The van der Waals surface area contributed by atoms with Crippen LogP contribution in [-0.2, 0) is 14.3 Å². The maximum Gasteiger partial charge on any atom is 0.408 e. The summed E-state index contributed by atoms with van der Waals surface area (Å²) in [6, 6.07) is 9.73. The highest BCUT2D eigenvalue weighted by Gasteiger charge is 2.31. The minimum absolute atomic E-state index is 0.296. The Balaban J connectivity index is 3.00. The summed E-state index contributed by atoms with van der Waals surface area (Å²) >= 11 is 0. The summed E-state index contributed by atoms with van der Waals surface area (Å²) in [7, 11) is 0. The largest absolute Gasteiger partial charge is 0.444 e. The number of alkyl carbamates (subject to hydrolysis) is 1. The number of nitrogens with zero attached hydrogens (tertiary/aromatic N) is 2. The predicted octanol–water partition coefficient (Wildman–Crippen LogP) is 2.52. The molecule has 3 amide bonds. The summed E-state index contributed by atoms with van der Waals surface area (Å²) in [5, 5.41) is 14.4. The van der Waals surface area contributed by atoms with Gasteiger partial charge in [0.15, 0.2) is 0 Å². The minimum atomic E-state index is -0.972. The zero-order chi connectivity index (χ0) is 21.9. The van der Waals surface area contributed by atoms with Gasteiger partial charge < -0.3 is 20.3 Å². The molecule has 29 heavy (non-hydrogen) atoms. The van der Waals surface area contributed by atoms with Crippen molar-refractivity contribution in [2.75, 3.05) is 19.6 Å². The monoisotopic (exact) mass is 402 g/mol. The second-order valence-corrected chi connectivity index (χ2v) is 7.49. The molecule has 0 heterocycles. The third-order valence-electron chi connectivity index (χ3n) is 3.85. The van der Waals surface area contributed by atoms with Crippen LogP contribution in [0.5, 0.6) is 0 Å². The lowest BCUT2D eigenvalue weighted by atomic mass is 10.0. The number of carbonyl (C=O) groups is 3. The fourth-order valence-electron chi connectivity index (χ4n) is 2.56. The predicted molar refractivity (Wildman–Crippen MR) is 109 cm³/mol. The summed E-state index contributed by atoms with van der Waals surface area (Å²) in [5.74, 6) is -0.928. The van der Waals surface area contributed by atoms with Crippen LogP contribution in [0.4, 0.5) is 4.79 Å². The Morgan fingerprint density at radius 3 is 2.38 bits per heavy atom. The zero-order valence-corrected chi connectivity index (χ0v) is 17.5. The molecule has 1 aromatic rings. The van der Waals surface area contributed by atoms with E-state index in [4.69, 9.17) is 4.74 Å². The van der Waals surface area contributed by atoms with E-state index in [0.29, 0.717) is 12.1 Å². The van der Waals surface area contributed by atoms with Crippen molar-refractivity contribution in [2.45, 2.75) is 52.2 Å². The van der Waals surface area contributed by atoms with Gasteiger partial charge in [0, 0.05) is 6.54 Å². The lowest BCUT2D eigenvalue weighted by Gasteiger charge is -2.29. The van der Waals surface area contributed by atoms with E-state index in [1.807, 2.05) is 13.0 Å². The van der Waals surface area contributed by atoms with Crippen molar-refractivity contribution in [3.63, 3.8) is 0 Å². The number of nitrogens with one attached hydrogen (secondary N) is 2. The molecule has 1 unspecified atom stereocenters. The number of nitriles is 1. The molecule has 0 fully saturated rings. The highest BCUT2D eigenvalue weighted by molar-refractivity contribution is 5.90. The molecule has 158 valence electrons. The lowest BCUT2D eigenvalue weighted by Crippen LogP contribution is -2.48. The molecule has 8 nitrogen and oxygen atoms in total. The van der Waals surface area contributed by atoms with Crippen molar-refractivity contribution in [2.24, 2.45) is 0 Å². The molecule has 1 aromatic carbocycles. The number of carbonyl (C=O) groups excluding carboxylic acids is 3. The Morgan fingerprint density at radius 1 is 1.17 bits per heavy atom. The molecule has 0 aliphatic heterocycles. The van der Waals surface area contributed by atoms with E-state index >= 15 is 0 Å². The smallest absolute Gasteiger partial charge is 0.408 e. The number of hydrogen-bond donors (Lipinski definition) is 2. The van der Waals surface area contributed by atoms with Crippen molar-refractivity contribution in [1.82, 2.24) is 15.5 Å². The van der Waals surface area contributed by atoms with E-state index in [2.05, 4.69) is 10.6 Å². The Kier molecular flexibility index (Phi) is 9.66. The zero-order valence-electron chi connectivity index (χ0n) is 17.5. The van der Waals surface area contributed by atoms with Gasteiger partial charge in [-0.15, -0.1) is 0 Å². The van der Waals surface area contributed by atoms with Crippen molar-refractivity contribution >= 4 is 17.9 Å².